The fourth-order valence-electron chi connectivity index (χ4n) is 6.75. The van der Waals surface area contributed by atoms with Crippen LogP contribution >= 0.6 is 0 Å². The summed E-state index contributed by atoms with van der Waals surface area (Å²) in [6.45, 7) is 4.69. The molecule has 152 valence electrons. The van der Waals surface area contributed by atoms with E-state index in [1.165, 1.54) is 22.0 Å². The average molecular weight is 453 g/mol. The molecule has 5 rings (SSSR count). The number of fused-ring (bicyclic) bond motifs is 5. The zero-order valence-electron chi connectivity index (χ0n) is 17.6. The average Bonchev–Trinajstić information content (AvgIpc) is 2.94. The van der Waals surface area contributed by atoms with Crippen molar-refractivity contribution in [3.8, 4) is 5.75 Å². The predicted octanol–water partition coefficient (Wildman–Crippen LogP) is 4.79. The quantitative estimate of drug-likeness (QED) is 0.625. The fraction of sp³-hybridized carbons (Fsp3) is 0.500. The van der Waals surface area contributed by atoms with E-state index in [0.29, 0.717) is 29.5 Å². The SMILES string of the molecule is COc1ccc2c(c1)CC[C@H]1[C@@H]3[C@H](C)[C@@H]([Se]c4ccccc4)C(=O)[C@@]3(C)CC[C@H]21. The van der Waals surface area contributed by atoms with Crippen LogP contribution in [0.2, 0.25) is 4.82 Å². The van der Waals surface area contributed by atoms with E-state index < -0.39 is 0 Å². The number of hydrogen-bond donors (Lipinski definition) is 0. The maximum absolute atomic E-state index is 13.7. The second-order valence-electron chi connectivity index (χ2n) is 9.43. The number of carbonyl (C=O) groups is 1. The van der Waals surface area contributed by atoms with Crippen LogP contribution in [0.25, 0.3) is 0 Å². The van der Waals surface area contributed by atoms with E-state index >= 15 is 0 Å². The van der Waals surface area contributed by atoms with Gasteiger partial charge in [0.15, 0.2) is 0 Å². The number of hydrogen-bond acceptors (Lipinski definition) is 2. The van der Waals surface area contributed by atoms with Gasteiger partial charge < -0.3 is 0 Å². The van der Waals surface area contributed by atoms with Crippen LogP contribution < -0.4 is 9.20 Å². The van der Waals surface area contributed by atoms with Gasteiger partial charge >= 0.3 is 181 Å². The van der Waals surface area contributed by atoms with Crippen molar-refractivity contribution in [3.05, 3.63) is 59.7 Å². The van der Waals surface area contributed by atoms with Gasteiger partial charge in [0.25, 0.3) is 0 Å². The summed E-state index contributed by atoms with van der Waals surface area (Å²) < 4.78 is 6.83. The molecule has 0 radical (unpaired) electrons. The minimum atomic E-state index is -0.119. The molecule has 0 amide bonds. The number of ether oxygens (including phenoxy) is 1. The van der Waals surface area contributed by atoms with E-state index in [9.17, 15) is 4.79 Å². The minimum absolute atomic E-state index is 0.119. The summed E-state index contributed by atoms with van der Waals surface area (Å²) in [5.74, 6) is 3.81. The summed E-state index contributed by atoms with van der Waals surface area (Å²) >= 11 is 0.230. The second kappa shape index (κ2) is 7.29. The third-order valence-corrected chi connectivity index (χ3v) is 11.1. The fourth-order valence-corrected chi connectivity index (χ4v) is 9.62. The van der Waals surface area contributed by atoms with Crippen molar-refractivity contribution in [1.29, 1.82) is 0 Å². The van der Waals surface area contributed by atoms with Crippen LogP contribution in [0.3, 0.4) is 0 Å². The molecule has 3 heteroatoms. The third kappa shape index (κ3) is 3.01. The van der Waals surface area contributed by atoms with Crippen molar-refractivity contribution in [2.45, 2.75) is 50.3 Å². The Morgan fingerprint density at radius 1 is 1.10 bits per heavy atom. The van der Waals surface area contributed by atoms with Crippen molar-refractivity contribution in [1.82, 2.24) is 0 Å². The summed E-state index contributed by atoms with van der Waals surface area (Å²) in [5, 5.41) is 0. The Kier molecular flexibility index (Phi) is 4.87. The van der Waals surface area contributed by atoms with Crippen LogP contribution in [-0.4, -0.2) is 27.8 Å². The first kappa shape index (κ1) is 19.4. The first-order valence-corrected chi connectivity index (χ1v) is 12.8. The molecule has 6 atom stereocenters. The zero-order valence-corrected chi connectivity index (χ0v) is 19.3. The number of carbonyl (C=O) groups excluding carboxylic acids is 1. The van der Waals surface area contributed by atoms with Crippen LogP contribution in [0, 0.1) is 23.2 Å². The van der Waals surface area contributed by atoms with Crippen LogP contribution in [0.15, 0.2) is 48.5 Å². The molecule has 3 aliphatic rings. The molecule has 0 bridgehead atoms. The molecule has 2 aromatic rings. The number of Topliss-reactive ketones (excluding diaryl/α,β-unsaturated/α-hetero) is 1. The van der Waals surface area contributed by atoms with E-state index in [-0.39, 0.29) is 25.2 Å². The van der Waals surface area contributed by atoms with E-state index in [1.54, 1.807) is 7.11 Å². The standard InChI is InChI=1S/C26H30O2Se/c1-16-23-22-11-9-17-15-18(28-3)10-12-20(17)21(22)13-14-26(23,2)25(27)24(16)29-19-7-5-4-6-8-19/h4-8,10,12,15-16,21-24H,9,11,13-14H2,1-3H3/t16-,21+,22+,23-,24+,26-/m0/s1. The van der Waals surface area contributed by atoms with E-state index in [1.807, 2.05) is 0 Å². The van der Waals surface area contributed by atoms with Gasteiger partial charge in [0.2, 0.25) is 0 Å². The van der Waals surface area contributed by atoms with Crippen molar-refractivity contribution >= 4 is 25.2 Å². The molecular formula is C26H30O2Se. The van der Waals surface area contributed by atoms with Crippen LogP contribution in [0.1, 0.15) is 50.2 Å². The monoisotopic (exact) mass is 454 g/mol. The Morgan fingerprint density at radius 3 is 2.66 bits per heavy atom. The number of benzene rings is 2. The Hall–Kier alpha value is -1.57. The summed E-state index contributed by atoms with van der Waals surface area (Å²) in [5.41, 5.74) is 2.88. The van der Waals surface area contributed by atoms with Gasteiger partial charge in [-0.05, 0) is 0 Å². The Bertz CT molecular complexity index is 924. The molecule has 0 unspecified atom stereocenters. The van der Waals surface area contributed by atoms with E-state index in [4.69, 9.17) is 4.74 Å². The Morgan fingerprint density at radius 2 is 1.90 bits per heavy atom. The van der Waals surface area contributed by atoms with Gasteiger partial charge in [0.05, 0.1) is 0 Å². The van der Waals surface area contributed by atoms with Crippen LogP contribution in [-0.2, 0) is 11.2 Å². The second-order valence-corrected chi connectivity index (χ2v) is 12.0. The number of methoxy groups -OCH3 is 1. The summed E-state index contributed by atoms with van der Waals surface area (Å²) in [6, 6.07) is 17.4. The normalized spacial score (nSPS) is 35.6. The number of aryl methyl sites for hydroxylation is 1. The molecule has 0 aliphatic heterocycles. The molecule has 2 fully saturated rings. The van der Waals surface area contributed by atoms with Crippen LogP contribution in [0.4, 0.5) is 0 Å². The molecule has 0 heterocycles. The van der Waals surface area contributed by atoms with Gasteiger partial charge in [0, 0.05) is 0 Å². The third-order valence-electron chi connectivity index (χ3n) is 8.06. The van der Waals surface area contributed by atoms with Gasteiger partial charge in [-0.25, -0.2) is 0 Å². The van der Waals surface area contributed by atoms with Gasteiger partial charge in [-0.1, -0.05) is 0 Å². The van der Waals surface area contributed by atoms with Gasteiger partial charge in [-0.2, -0.15) is 0 Å². The molecule has 2 aromatic carbocycles. The van der Waals surface area contributed by atoms with Crippen molar-refractivity contribution in [3.63, 3.8) is 0 Å². The first-order valence-electron chi connectivity index (χ1n) is 11.0. The molecular weight excluding hydrogens is 423 g/mol. The maximum atomic E-state index is 13.7. The van der Waals surface area contributed by atoms with Gasteiger partial charge in [-0.15, -0.1) is 0 Å². The molecule has 0 spiro atoms. The molecule has 2 saturated carbocycles. The first-order chi connectivity index (χ1) is 14.0. The van der Waals surface area contributed by atoms with Crippen LogP contribution in [0.5, 0.6) is 5.75 Å². The number of ketones is 1. The molecule has 3 aliphatic carbocycles. The Labute approximate surface area is 180 Å². The molecule has 2 nitrogen and oxygen atoms in total. The van der Waals surface area contributed by atoms with E-state index in [2.05, 4.69) is 62.4 Å². The molecule has 0 aromatic heterocycles. The molecule has 29 heavy (non-hydrogen) atoms. The van der Waals surface area contributed by atoms with Gasteiger partial charge in [-0.3, -0.25) is 0 Å². The van der Waals surface area contributed by atoms with E-state index in [0.717, 1.165) is 25.0 Å². The van der Waals surface area contributed by atoms with Crippen molar-refractivity contribution in [2.24, 2.45) is 23.2 Å². The number of rotatable bonds is 3. The van der Waals surface area contributed by atoms with Crippen molar-refractivity contribution < 1.29 is 9.53 Å². The Balaban J connectivity index is 1.46. The molecule has 0 saturated heterocycles. The van der Waals surface area contributed by atoms with Gasteiger partial charge in [0.1, 0.15) is 0 Å². The predicted molar refractivity (Wildman–Crippen MR) is 118 cm³/mol. The summed E-state index contributed by atoms with van der Waals surface area (Å²) in [4.78, 5) is 13.9. The molecule has 0 N–H and O–H groups in total. The topological polar surface area (TPSA) is 26.3 Å². The zero-order chi connectivity index (χ0) is 20.2. The van der Waals surface area contributed by atoms with Crippen molar-refractivity contribution in [2.75, 3.05) is 7.11 Å². The summed E-state index contributed by atoms with van der Waals surface area (Å²) in [6.07, 6.45) is 4.54. The summed E-state index contributed by atoms with van der Waals surface area (Å²) in [7, 11) is 1.75.